The van der Waals surface area contributed by atoms with Crippen LogP contribution in [0.2, 0.25) is 0 Å². The van der Waals surface area contributed by atoms with Crippen LogP contribution >= 0.6 is 0 Å². The lowest BCUT2D eigenvalue weighted by atomic mass is 9.99. The van der Waals surface area contributed by atoms with Crippen LogP contribution in [0.25, 0.3) is 0 Å². The van der Waals surface area contributed by atoms with E-state index in [2.05, 4.69) is 16.8 Å². The summed E-state index contributed by atoms with van der Waals surface area (Å²) in [6.07, 6.45) is 5.27. The molecular weight excluding hydrogens is 216 g/mol. The minimum atomic E-state index is -0.00248. The van der Waals surface area contributed by atoms with Gasteiger partial charge in [0.2, 0.25) is 0 Å². The molecule has 1 aromatic rings. The molecule has 2 N–H and O–H groups in total. The van der Waals surface area contributed by atoms with Gasteiger partial charge in [-0.15, -0.1) is 0 Å². The van der Waals surface area contributed by atoms with Gasteiger partial charge in [0.1, 0.15) is 0 Å². The third kappa shape index (κ3) is 2.34. The van der Waals surface area contributed by atoms with E-state index >= 15 is 0 Å². The topological polar surface area (TPSA) is 64.2 Å². The number of anilines is 1. The van der Waals surface area contributed by atoms with E-state index < -0.39 is 0 Å². The van der Waals surface area contributed by atoms with Crippen molar-refractivity contribution in [2.75, 3.05) is 11.4 Å². The zero-order valence-corrected chi connectivity index (χ0v) is 10.5. The maximum absolute atomic E-state index is 12.2. The fourth-order valence-electron chi connectivity index (χ4n) is 2.40. The summed E-state index contributed by atoms with van der Waals surface area (Å²) in [4.78, 5) is 18.5. The van der Waals surface area contributed by atoms with Crippen molar-refractivity contribution in [2.24, 2.45) is 5.73 Å². The SMILES string of the molecule is CCn1ccnc(N2CCC(N)CC2C)c1=O. The normalized spacial score (nSPS) is 25.0. The van der Waals surface area contributed by atoms with E-state index in [9.17, 15) is 4.79 Å². The van der Waals surface area contributed by atoms with E-state index in [4.69, 9.17) is 5.73 Å². The van der Waals surface area contributed by atoms with Gasteiger partial charge < -0.3 is 15.2 Å². The summed E-state index contributed by atoms with van der Waals surface area (Å²) in [5.41, 5.74) is 5.93. The summed E-state index contributed by atoms with van der Waals surface area (Å²) >= 11 is 0. The van der Waals surface area contributed by atoms with E-state index in [0.717, 1.165) is 19.4 Å². The lowest BCUT2D eigenvalue weighted by Gasteiger charge is -2.36. The Bertz CT molecular complexity index is 442. The maximum Gasteiger partial charge on any atom is 0.293 e. The molecule has 1 aliphatic rings. The molecule has 0 aliphatic carbocycles. The summed E-state index contributed by atoms with van der Waals surface area (Å²) in [6, 6.07) is 0.532. The van der Waals surface area contributed by atoms with Crippen LogP contribution in [-0.2, 0) is 6.54 Å². The molecule has 2 atom stereocenters. The molecule has 0 bridgehead atoms. The van der Waals surface area contributed by atoms with Crippen LogP contribution in [-0.4, -0.2) is 28.2 Å². The highest BCUT2D eigenvalue weighted by Crippen LogP contribution is 2.19. The van der Waals surface area contributed by atoms with Crippen molar-refractivity contribution in [2.45, 2.75) is 45.3 Å². The van der Waals surface area contributed by atoms with Crippen molar-refractivity contribution in [3.05, 3.63) is 22.7 Å². The Morgan fingerprint density at radius 2 is 2.35 bits per heavy atom. The second-order valence-electron chi connectivity index (χ2n) is 4.67. The average molecular weight is 236 g/mol. The summed E-state index contributed by atoms with van der Waals surface area (Å²) in [7, 11) is 0. The molecule has 5 nitrogen and oxygen atoms in total. The molecule has 1 saturated heterocycles. The Kier molecular flexibility index (Phi) is 3.47. The molecular formula is C12H20N4O. The van der Waals surface area contributed by atoms with Crippen LogP contribution in [0.3, 0.4) is 0 Å². The minimum absolute atomic E-state index is 0.00248. The number of aromatic nitrogens is 2. The molecule has 1 aromatic heterocycles. The highest BCUT2D eigenvalue weighted by molar-refractivity contribution is 5.37. The fourth-order valence-corrected chi connectivity index (χ4v) is 2.40. The van der Waals surface area contributed by atoms with Crippen LogP contribution < -0.4 is 16.2 Å². The van der Waals surface area contributed by atoms with Crippen molar-refractivity contribution in [1.29, 1.82) is 0 Å². The lowest BCUT2D eigenvalue weighted by Crippen LogP contribution is -2.48. The van der Waals surface area contributed by atoms with Gasteiger partial charge in [0.15, 0.2) is 5.82 Å². The zero-order chi connectivity index (χ0) is 12.4. The molecule has 1 fully saturated rings. The number of hydrogen-bond donors (Lipinski definition) is 1. The number of nitrogens with zero attached hydrogens (tertiary/aromatic N) is 3. The summed E-state index contributed by atoms with van der Waals surface area (Å²) in [5, 5.41) is 0. The van der Waals surface area contributed by atoms with Crippen molar-refractivity contribution in [3.63, 3.8) is 0 Å². The van der Waals surface area contributed by atoms with Crippen LogP contribution in [0.1, 0.15) is 26.7 Å². The Morgan fingerprint density at radius 1 is 1.59 bits per heavy atom. The maximum atomic E-state index is 12.2. The van der Waals surface area contributed by atoms with Gasteiger partial charge in [-0.05, 0) is 26.7 Å². The second-order valence-corrected chi connectivity index (χ2v) is 4.67. The van der Waals surface area contributed by atoms with Gasteiger partial charge in [0.25, 0.3) is 5.56 Å². The first-order valence-corrected chi connectivity index (χ1v) is 6.21. The molecule has 2 heterocycles. The van der Waals surface area contributed by atoms with Crippen LogP contribution in [0.4, 0.5) is 5.82 Å². The number of piperidine rings is 1. The summed E-state index contributed by atoms with van der Waals surface area (Å²) in [6.45, 7) is 5.55. The number of aryl methyl sites for hydroxylation is 1. The molecule has 0 spiro atoms. The third-order valence-corrected chi connectivity index (χ3v) is 3.43. The Balaban J connectivity index is 2.31. The Labute approximate surface area is 101 Å². The van der Waals surface area contributed by atoms with Crippen molar-refractivity contribution in [1.82, 2.24) is 9.55 Å². The van der Waals surface area contributed by atoms with Gasteiger partial charge in [0.05, 0.1) is 0 Å². The first-order chi connectivity index (χ1) is 8.13. The minimum Gasteiger partial charge on any atom is -0.349 e. The van der Waals surface area contributed by atoms with Crippen LogP contribution in [0.15, 0.2) is 17.2 Å². The van der Waals surface area contributed by atoms with E-state index in [1.807, 2.05) is 6.92 Å². The number of hydrogen-bond acceptors (Lipinski definition) is 4. The molecule has 2 unspecified atom stereocenters. The monoisotopic (exact) mass is 236 g/mol. The zero-order valence-electron chi connectivity index (χ0n) is 10.5. The lowest BCUT2D eigenvalue weighted by molar-refractivity contribution is 0.425. The molecule has 1 aliphatic heterocycles. The first kappa shape index (κ1) is 12.1. The first-order valence-electron chi connectivity index (χ1n) is 6.21. The van der Waals surface area contributed by atoms with E-state index in [1.165, 1.54) is 0 Å². The van der Waals surface area contributed by atoms with Gasteiger partial charge in [-0.1, -0.05) is 0 Å². The standard InChI is InChI=1S/C12H20N4O/c1-3-15-7-5-14-11(12(15)17)16-6-4-10(13)8-9(16)2/h5,7,9-10H,3-4,6,8,13H2,1-2H3. The van der Waals surface area contributed by atoms with Gasteiger partial charge >= 0.3 is 0 Å². The van der Waals surface area contributed by atoms with Crippen molar-refractivity contribution in [3.8, 4) is 0 Å². The van der Waals surface area contributed by atoms with E-state index in [-0.39, 0.29) is 17.6 Å². The largest absolute Gasteiger partial charge is 0.349 e. The highest BCUT2D eigenvalue weighted by Gasteiger charge is 2.26. The van der Waals surface area contributed by atoms with E-state index in [0.29, 0.717) is 12.4 Å². The molecule has 0 saturated carbocycles. The molecule has 0 aromatic carbocycles. The van der Waals surface area contributed by atoms with Crippen molar-refractivity contribution >= 4 is 5.82 Å². The van der Waals surface area contributed by atoms with E-state index in [1.54, 1.807) is 17.0 Å². The molecule has 5 heteroatoms. The summed E-state index contributed by atoms with van der Waals surface area (Å²) in [5.74, 6) is 0.564. The Hall–Kier alpha value is -1.36. The molecule has 0 radical (unpaired) electrons. The number of nitrogens with two attached hydrogens (primary N) is 1. The molecule has 94 valence electrons. The third-order valence-electron chi connectivity index (χ3n) is 3.43. The van der Waals surface area contributed by atoms with Gasteiger partial charge in [-0.3, -0.25) is 4.79 Å². The van der Waals surface area contributed by atoms with Crippen molar-refractivity contribution < 1.29 is 0 Å². The predicted molar refractivity (Wildman–Crippen MR) is 68.2 cm³/mol. The quantitative estimate of drug-likeness (QED) is 0.816. The summed E-state index contributed by atoms with van der Waals surface area (Å²) < 4.78 is 1.68. The van der Waals surface area contributed by atoms with Gasteiger partial charge in [-0.2, -0.15) is 0 Å². The predicted octanol–water partition coefficient (Wildman–Crippen LogP) is 0.579. The molecule has 17 heavy (non-hydrogen) atoms. The number of rotatable bonds is 2. The Morgan fingerprint density at radius 3 is 3.00 bits per heavy atom. The average Bonchev–Trinajstić information content (AvgIpc) is 2.30. The van der Waals surface area contributed by atoms with Gasteiger partial charge in [0, 0.05) is 37.6 Å². The molecule has 2 rings (SSSR count). The van der Waals surface area contributed by atoms with Gasteiger partial charge in [-0.25, -0.2) is 4.98 Å². The highest BCUT2D eigenvalue weighted by atomic mass is 16.1. The second kappa shape index (κ2) is 4.87. The molecule has 0 amide bonds. The fraction of sp³-hybridized carbons (Fsp3) is 0.667. The van der Waals surface area contributed by atoms with Crippen LogP contribution in [0, 0.1) is 0 Å². The smallest absolute Gasteiger partial charge is 0.293 e. The van der Waals surface area contributed by atoms with Crippen LogP contribution in [0.5, 0.6) is 0 Å².